The van der Waals surface area contributed by atoms with Gasteiger partial charge >= 0.3 is 0 Å². The average molecular weight is 255 g/mol. The number of nitrogens with one attached hydrogen (secondary N) is 1. The minimum Gasteiger partial charge on any atom is -0.396 e. The molecule has 1 heterocycles. The summed E-state index contributed by atoms with van der Waals surface area (Å²) in [5.74, 6) is 0.223. The molecular weight excluding hydrogens is 234 g/mol. The van der Waals surface area contributed by atoms with E-state index in [0.717, 1.165) is 5.69 Å². The Balaban J connectivity index is 2.45. The van der Waals surface area contributed by atoms with E-state index in [9.17, 15) is 4.79 Å². The first-order chi connectivity index (χ1) is 8.52. The summed E-state index contributed by atoms with van der Waals surface area (Å²) in [5, 5.41) is 15.2. The van der Waals surface area contributed by atoms with Crippen LogP contribution in [0.25, 0.3) is 0 Å². The Hall–Kier alpha value is -1.40. The summed E-state index contributed by atoms with van der Waals surface area (Å²) < 4.78 is 4.92. The minimum absolute atomic E-state index is 0.131. The smallest absolute Gasteiger partial charge is 0.240 e. The van der Waals surface area contributed by atoms with Crippen molar-refractivity contribution in [2.24, 2.45) is 0 Å². The van der Waals surface area contributed by atoms with Crippen LogP contribution < -0.4 is 5.32 Å². The lowest BCUT2D eigenvalue weighted by Crippen LogP contribution is -2.38. The lowest BCUT2D eigenvalue weighted by atomic mass is 10.3. The maximum absolute atomic E-state index is 11.8. The van der Waals surface area contributed by atoms with Crippen LogP contribution >= 0.6 is 0 Å². The van der Waals surface area contributed by atoms with E-state index in [1.54, 1.807) is 13.0 Å². The predicted molar refractivity (Wildman–Crippen MR) is 68.3 cm³/mol. The van der Waals surface area contributed by atoms with Gasteiger partial charge in [-0.2, -0.15) is 0 Å². The van der Waals surface area contributed by atoms with Crippen LogP contribution in [0.4, 0.5) is 5.88 Å². The number of hydrogen-bond donors (Lipinski definition) is 2. The molecule has 0 aromatic carbocycles. The van der Waals surface area contributed by atoms with Crippen molar-refractivity contribution in [1.82, 2.24) is 10.1 Å². The van der Waals surface area contributed by atoms with Crippen molar-refractivity contribution in [2.45, 2.75) is 33.2 Å². The molecule has 1 aromatic heterocycles. The van der Waals surface area contributed by atoms with E-state index in [1.165, 1.54) is 0 Å². The number of aliphatic hydroxyl groups is 1. The third-order valence-electron chi connectivity index (χ3n) is 2.57. The fourth-order valence-corrected chi connectivity index (χ4v) is 1.58. The molecule has 2 N–H and O–H groups in total. The first-order valence-electron chi connectivity index (χ1n) is 6.11. The molecule has 0 spiro atoms. The molecule has 0 fully saturated rings. The molecule has 0 radical (unpaired) electrons. The van der Waals surface area contributed by atoms with Gasteiger partial charge in [0.2, 0.25) is 11.8 Å². The highest BCUT2D eigenvalue weighted by Gasteiger charge is 2.14. The number of carbonyl (C=O) groups excluding carboxylic acids is 1. The molecule has 6 nitrogen and oxygen atoms in total. The average Bonchev–Trinajstić information content (AvgIpc) is 2.69. The Kier molecular flexibility index (Phi) is 5.80. The van der Waals surface area contributed by atoms with Crippen LogP contribution in [0.5, 0.6) is 0 Å². The summed E-state index contributed by atoms with van der Waals surface area (Å²) in [6, 6.07) is 1.92. The lowest BCUT2D eigenvalue weighted by Gasteiger charge is -2.25. The van der Waals surface area contributed by atoms with Crippen LogP contribution in [0, 0.1) is 6.92 Å². The Morgan fingerprint density at radius 2 is 2.33 bits per heavy atom. The number of nitrogens with zero attached hydrogens (tertiary/aromatic N) is 2. The number of aryl methyl sites for hydroxylation is 1. The SMILES string of the molecule is Cc1cc(NC(=O)CN(CCCO)C(C)C)on1. The zero-order valence-electron chi connectivity index (χ0n) is 11.1. The number of carbonyl (C=O) groups is 1. The molecule has 6 heteroatoms. The summed E-state index contributed by atoms with van der Waals surface area (Å²) in [7, 11) is 0. The van der Waals surface area contributed by atoms with E-state index < -0.39 is 0 Å². The Morgan fingerprint density at radius 3 is 2.83 bits per heavy atom. The summed E-state index contributed by atoms with van der Waals surface area (Å²) in [5.41, 5.74) is 0.728. The predicted octanol–water partition coefficient (Wildman–Crippen LogP) is 1.01. The number of rotatable bonds is 7. The van der Waals surface area contributed by atoms with Crippen molar-refractivity contribution in [1.29, 1.82) is 0 Å². The van der Waals surface area contributed by atoms with Crippen molar-refractivity contribution < 1.29 is 14.4 Å². The maximum atomic E-state index is 11.8. The van der Waals surface area contributed by atoms with Gasteiger partial charge in [0.05, 0.1) is 12.2 Å². The highest BCUT2D eigenvalue weighted by molar-refractivity contribution is 5.90. The third kappa shape index (κ3) is 4.85. The van der Waals surface area contributed by atoms with Gasteiger partial charge in [-0.25, -0.2) is 0 Å². The Bertz CT molecular complexity index is 376. The van der Waals surface area contributed by atoms with E-state index in [0.29, 0.717) is 18.8 Å². The first-order valence-corrected chi connectivity index (χ1v) is 6.11. The number of aromatic nitrogens is 1. The molecule has 1 aromatic rings. The third-order valence-corrected chi connectivity index (χ3v) is 2.57. The number of anilines is 1. The largest absolute Gasteiger partial charge is 0.396 e. The molecular formula is C12H21N3O3. The normalized spacial score (nSPS) is 11.2. The van der Waals surface area contributed by atoms with Gasteiger partial charge in [0, 0.05) is 25.3 Å². The number of amides is 1. The van der Waals surface area contributed by atoms with E-state index in [4.69, 9.17) is 9.63 Å². The fourth-order valence-electron chi connectivity index (χ4n) is 1.58. The molecule has 0 bridgehead atoms. The van der Waals surface area contributed by atoms with Crippen LogP contribution in [-0.4, -0.2) is 46.8 Å². The van der Waals surface area contributed by atoms with Crippen LogP contribution in [0.3, 0.4) is 0 Å². The van der Waals surface area contributed by atoms with Gasteiger partial charge < -0.3 is 9.63 Å². The van der Waals surface area contributed by atoms with E-state index in [-0.39, 0.29) is 25.1 Å². The van der Waals surface area contributed by atoms with Gasteiger partial charge in [-0.15, -0.1) is 0 Å². The molecule has 0 aliphatic heterocycles. The summed E-state index contributed by atoms with van der Waals surface area (Å²) in [6.45, 7) is 6.92. The standard InChI is InChI=1S/C12H21N3O3/c1-9(2)15(5-4-6-16)8-11(17)13-12-7-10(3)14-18-12/h7,9,16H,4-6,8H2,1-3H3,(H,13,17). The van der Waals surface area contributed by atoms with Crippen molar-refractivity contribution >= 4 is 11.8 Å². The molecule has 0 aliphatic carbocycles. The first kappa shape index (κ1) is 14.7. The van der Waals surface area contributed by atoms with Gasteiger partial charge in [0.25, 0.3) is 0 Å². The van der Waals surface area contributed by atoms with E-state index >= 15 is 0 Å². The second kappa shape index (κ2) is 7.13. The number of aliphatic hydroxyl groups excluding tert-OH is 1. The zero-order chi connectivity index (χ0) is 13.5. The fraction of sp³-hybridized carbons (Fsp3) is 0.667. The zero-order valence-corrected chi connectivity index (χ0v) is 11.1. The van der Waals surface area contributed by atoms with Crippen LogP contribution in [0.15, 0.2) is 10.6 Å². The van der Waals surface area contributed by atoms with Crippen LogP contribution in [0.2, 0.25) is 0 Å². The van der Waals surface area contributed by atoms with Gasteiger partial charge in [0.1, 0.15) is 0 Å². The molecule has 0 saturated heterocycles. The summed E-state index contributed by atoms with van der Waals surface area (Å²) >= 11 is 0. The summed E-state index contributed by atoms with van der Waals surface area (Å²) in [4.78, 5) is 13.8. The molecule has 0 unspecified atom stereocenters. The van der Waals surface area contributed by atoms with Gasteiger partial charge in [0.15, 0.2) is 0 Å². The molecule has 102 valence electrons. The maximum Gasteiger partial charge on any atom is 0.240 e. The molecule has 0 atom stereocenters. The summed E-state index contributed by atoms with van der Waals surface area (Å²) in [6.07, 6.45) is 0.660. The molecule has 1 rings (SSSR count). The van der Waals surface area contributed by atoms with Crippen LogP contribution in [-0.2, 0) is 4.79 Å². The van der Waals surface area contributed by atoms with Gasteiger partial charge in [-0.1, -0.05) is 5.16 Å². The van der Waals surface area contributed by atoms with E-state index in [2.05, 4.69) is 10.5 Å². The quantitative estimate of drug-likeness (QED) is 0.760. The Morgan fingerprint density at radius 1 is 1.61 bits per heavy atom. The van der Waals surface area contributed by atoms with Gasteiger partial charge in [-0.05, 0) is 27.2 Å². The highest BCUT2D eigenvalue weighted by Crippen LogP contribution is 2.08. The highest BCUT2D eigenvalue weighted by atomic mass is 16.5. The Labute approximate surface area is 107 Å². The lowest BCUT2D eigenvalue weighted by molar-refractivity contribution is -0.117. The minimum atomic E-state index is -0.141. The molecule has 18 heavy (non-hydrogen) atoms. The number of hydrogen-bond acceptors (Lipinski definition) is 5. The van der Waals surface area contributed by atoms with Crippen molar-refractivity contribution in [2.75, 3.05) is 25.0 Å². The molecule has 0 saturated carbocycles. The van der Waals surface area contributed by atoms with Crippen molar-refractivity contribution in [3.63, 3.8) is 0 Å². The topological polar surface area (TPSA) is 78.6 Å². The second-order valence-electron chi connectivity index (χ2n) is 4.52. The molecule has 0 aliphatic rings. The van der Waals surface area contributed by atoms with Gasteiger partial charge in [-0.3, -0.25) is 15.0 Å². The van der Waals surface area contributed by atoms with Crippen molar-refractivity contribution in [3.8, 4) is 0 Å². The van der Waals surface area contributed by atoms with Crippen LogP contribution in [0.1, 0.15) is 26.0 Å². The van der Waals surface area contributed by atoms with Crippen molar-refractivity contribution in [3.05, 3.63) is 11.8 Å². The monoisotopic (exact) mass is 255 g/mol. The second-order valence-corrected chi connectivity index (χ2v) is 4.52. The van der Waals surface area contributed by atoms with E-state index in [1.807, 2.05) is 18.7 Å². The molecule has 1 amide bonds.